The molecular weight excluding hydrogens is 242 g/mol. The summed E-state index contributed by atoms with van der Waals surface area (Å²) in [7, 11) is 0. The first-order valence-electron chi connectivity index (χ1n) is 7.17. The lowest BCUT2D eigenvalue weighted by Gasteiger charge is -2.20. The Hall–Kier alpha value is -2.28. The van der Waals surface area contributed by atoms with Gasteiger partial charge in [-0.3, -0.25) is 0 Å². The number of hydrogen-bond donors (Lipinski definition) is 1. The molecule has 0 aliphatic carbocycles. The van der Waals surface area contributed by atoms with Crippen molar-refractivity contribution in [2.75, 3.05) is 5.32 Å². The van der Waals surface area contributed by atoms with Crippen LogP contribution < -0.4 is 5.32 Å². The molecule has 0 amide bonds. The second-order valence-electron chi connectivity index (χ2n) is 5.04. The van der Waals surface area contributed by atoms with Crippen LogP contribution in [0.2, 0.25) is 0 Å². The van der Waals surface area contributed by atoms with E-state index in [4.69, 9.17) is 0 Å². The maximum Gasteiger partial charge on any atom is 0.0517 e. The quantitative estimate of drug-likeness (QED) is 0.662. The minimum Gasteiger partial charge on any atom is -0.378 e. The van der Waals surface area contributed by atoms with Crippen molar-refractivity contribution in [1.29, 1.82) is 0 Å². The number of benzene rings is 3. The number of rotatable bonds is 4. The summed E-state index contributed by atoms with van der Waals surface area (Å²) in [5.41, 5.74) is 2.54. The fraction of sp³-hybridized carbons (Fsp3) is 0.158. The monoisotopic (exact) mass is 261 g/mol. The molecule has 3 aromatic rings. The van der Waals surface area contributed by atoms with E-state index in [9.17, 15) is 0 Å². The molecule has 3 aromatic carbocycles. The summed E-state index contributed by atoms with van der Waals surface area (Å²) >= 11 is 0. The number of hydrogen-bond acceptors (Lipinski definition) is 1. The van der Waals surface area contributed by atoms with Gasteiger partial charge in [0.15, 0.2) is 0 Å². The maximum absolute atomic E-state index is 3.64. The van der Waals surface area contributed by atoms with Crippen LogP contribution in [0.15, 0.2) is 72.8 Å². The van der Waals surface area contributed by atoms with E-state index in [1.165, 1.54) is 22.0 Å². The van der Waals surface area contributed by atoms with Crippen molar-refractivity contribution in [1.82, 2.24) is 0 Å². The molecule has 100 valence electrons. The van der Waals surface area contributed by atoms with Gasteiger partial charge in [0.2, 0.25) is 0 Å². The van der Waals surface area contributed by atoms with Gasteiger partial charge in [0, 0.05) is 5.69 Å². The molecule has 0 heterocycles. The summed E-state index contributed by atoms with van der Waals surface area (Å²) in [5.74, 6) is 0. The van der Waals surface area contributed by atoms with Crippen LogP contribution in [-0.4, -0.2) is 0 Å². The number of para-hydroxylation sites is 1. The summed E-state index contributed by atoms with van der Waals surface area (Å²) in [6.45, 7) is 2.22. The van der Waals surface area contributed by atoms with E-state index < -0.39 is 0 Å². The largest absolute Gasteiger partial charge is 0.378 e. The van der Waals surface area contributed by atoms with Gasteiger partial charge in [-0.1, -0.05) is 67.6 Å². The van der Waals surface area contributed by atoms with Gasteiger partial charge >= 0.3 is 0 Å². The highest BCUT2D eigenvalue weighted by Gasteiger charge is 2.11. The molecule has 0 bridgehead atoms. The topological polar surface area (TPSA) is 12.0 Å². The van der Waals surface area contributed by atoms with E-state index in [1.54, 1.807) is 0 Å². The van der Waals surface area contributed by atoms with E-state index in [1.807, 2.05) is 6.07 Å². The molecule has 0 aliphatic rings. The van der Waals surface area contributed by atoms with Crippen molar-refractivity contribution < 1.29 is 0 Å². The van der Waals surface area contributed by atoms with Crippen molar-refractivity contribution in [2.24, 2.45) is 0 Å². The first-order chi connectivity index (χ1) is 9.88. The number of anilines is 1. The van der Waals surface area contributed by atoms with Gasteiger partial charge in [0.05, 0.1) is 6.04 Å². The fourth-order valence-electron chi connectivity index (χ4n) is 2.69. The highest BCUT2D eigenvalue weighted by Crippen LogP contribution is 2.28. The molecule has 0 spiro atoms. The first kappa shape index (κ1) is 12.7. The molecule has 0 aliphatic heterocycles. The average molecular weight is 261 g/mol. The Kier molecular flexibility index (Phi) is 3.69. The molecule has 0 fully saturated rings. The standard InChI is InChI=1S/C19H19N/c1-2-19(20-16-11-4-3-5-12-16)18-14-8-10-15-9-6-7-13-17(15)18/h3-14,19-20H,2H2,1H3. The number of nitrogens with one attached hydrogen (secondary N) is 1. The Balaban J connectivity index is 1.99. The van der Waals surface area contributed by atoms with Crippen molar-refractivity contribution in [3.8, 4) is 0 Å². The third-order valence-electron chi connectivity index (χ3n) is 3.72. The normalized spacial score (nSPS) is 12.2. The maximum atomic E-state index is 3.64. The van der Waals surface area contributed by atoms with E-state index in [2.05, 4.69) is 79.0 Å². The molecule has 1 nitrogen and oxygen atoms in total. The van der Waals surface area contributed by atoms with Crippen LogP contribution in [0.3, 0.4) is 0 Å². The third kappa shape index (κ3) is 2.53. The van der Waals surface area contributed by atoms with E-state index in [-0.39, 0.29) is 0 Å². The van der Waals surface area contributed by atoms with Gasteiger partial charge < -0.3 is 5.32 Å². The lowest BCUT2D eigenvalue weighted by atomic mass is 9.97. The third-order valence-corrected chi connectivity index (χ3v) is 3.72. The Morgan fingerprint density at radius 2 is 1.50 bits per heavy atom. The summed E-state index contributed by atoms with van der Waals surface area (Å²) < 4.78 is 0. The van der Waals surface area contributed by atoms with Crippen LogP contribution >= 0.6 is 0 Å². The highest BCUT2D eigenvalue weighted by molar-refractivity contribution is 5.86. The molecule has 0 aromatic heterocycles. The van der Waals surface area contributed by atoms with Gasteiger partial charge in [-0.15, -0.1) is 0 Å². The molecule has 1 N–H and O–H groups in total. The molecule has 0 radical (unpaired) electrons. The molecular formula is C19H19N. The minimum absolute atomic E-state index is 0.337. The zero-order chi connectivity index (χ0) is 13.8. The van der Waals surface area contributed by atoms with Crippen LogP contribution in [0.25, 0.3) is 10.8 Å². The fourth-order valence-corrected chi connectivity index (χ4v) is 2.69. The van der Waals surface area contributed by atoms with E-state index in [0.717, 1.165) is 6.42 Å². The lowest BCUT2D eigenvalue weighted by Crippen LogP contribution is -2.10. The lowest BCUT2D eigenvalue weighted by molar-refractivity contribution is 0.755. The van der Waals surface area contributed by atoms with Crippen molar-refractivity contribution >= 4 is 16.5 Å². The van der Waals surface area contributed by atoms with Crippen LogP contribution in [0.5, 0.6) is 0 Å². The van der Waals surface area contributed by atoms with E-state index in [0.29, 0.717) is 6.04 Å². The first-order valence-corrected chi connectivity index (χ1v) is 7.17. The average Bonchev–Trinajstić information content (AvgIpc) is 2.53. The predicted octanol–water partition coefficient (Wildman–Crippen LogP) is 5.40. The zero-order valence-electron chi connectivity index (χ0n) is 11.7. The van der Waals surface area contributed by atoms with Gasteiger partial charge in [-0.25, -0.2) is 0 Å². The van der Waals surface area contributed by atoms with Crippen molar-refractivity contribution in [2.45, 2.75) is 19.4 Å². The number of fused-ring (bicyclic) bond motifs is 1. The van der Waals surface area contributed by atoms with Crippen LogP contribution in [0, 0.1) is 0 Å². The molecule has 0 saturated carbocycles. The smallest absolute Gasteiger partial charge is 0.0517 e. The Labute approximate surface area is 120 Å². The van der Waals surface area contributed by atoms with E-state index >= 15 is 0 Å². The summed E-state index contributed by atoms with van der Waals surface area (Å²) in [4.78, 5) is 0. The van der Waals surface area contributed by atoms with Crippen LogP contribution in [0.1, 0.15) is 24.9 Å². The van der Waals surface area contributed by atoms with Crippen LogP contribution in [0.4, 0.5) is 5.69 Å². The van der Waals surface area contributed by atoms with Gasteiger partial charge in [-0.2, -0.15) is 0 Å². The van der Waals surface area contributed by atoms with Gasteiger partial charge in [0.1, 0.15) is 0 Å². The molecule has 1 atom stereocenters. The second-order valence-corrected chi connectivity index (χ2v) is 5.04. The Bertz CT molecular complexity index is 683. The SMILES string of the molecule is CCC(Nc1ccccc1)c1cccc2ccccc12. The predicted molar refractivity (Wildman–Crippen MR) is 87.0 cm³/mol. The Morgan fingerprint density at radius 3 is 2.30 bits per heavy atom. The molecule has 1 heteroatoms. The zero-order valence-corrected chi connectivity index (χ0v) is 11.7. The molecule has 20 heavy (non-hydrogen) atoms. The van der Waals surface area contributed by atoms with Crippen LogP contribution in [-0.2, 0) is 0 Å². The Morgan fingerprint density at radius 1 is 0.800 bits per heavy atom. The summed E-state index contributed by atoms with van der Waals surface area (Å²) in [6, 6.07) is 25.9. The molecule has 3 rings (SSSR count). The van der Waals surface area contributed by atoms with Gasteiger partial charge in [0.25, 0.3) is 0 Å². The van der Waals surface area contributed by atoms with Crippen molar-refractivity contribution in [3.05, 3.63) is 78.4 Å². The molecule has 1 unspecified atom stereocenters. The second kappa shape index (κ2) is 5.79. The van der Waals surface area contributed by atoms with Gasteiger partial charge in [-0.05, 0) is 34.9 Å². The summed E-state index contributed by atoms with van der Waals surface area (Å²) in [6.07, 6.45) is 1.06. The summed E-state index contributed by atoms with van der Waals surface area (Å²) in [5, 5.41) is 6.28. The minimum atomic E-state index is 0.337. The van der Waals surface area contributed by atoms with Crippen molar-refractivity contribution in [3.63, 3.8) is 0 Å². The highest BCUT2D eigenvalue weighted by atomic mass is 14.9. The molecule has 0 saturated heterocycles.